The van der Waals surface area contributed by atoms with Crippen molar-refractivity contribution in [3.8, 4) is 0 Å². The minimum atomic E-state index is -1.19. The zero-order chi connectivity index (χ0) is 17.1. The number of hydrogen-bond acceptors (Lipinski definition) is 11. The van der Waals surface area contributed by atoms with E-state index >= 15 is 0 Å². The van der Waals surface area contributed by atoms with Crippen molar-refractivity contribution in [1.82, 2.24) is 29.9 Å². The molecule has 4 atom stereocenters. The van der Waals surface area contributed by atoms with Gasteiger partial charge in [-0.15, -0.1) is 5.10 Å². The maximum Gasteiger partial charge on any atom is 0.167 e. The second-order valence-corrected chi connectivity index (χ2v) is 4.90. The fourth-order valence-electron chi connectivity index (χ4n) is 2.30. The first-order valence-electron chi connectivity index (χ1n) is 6.90. The van der Waals surface area contributed by atoms with Gasteiger partial charge in [0.05, 0.1) is 19.1 Å². The molecule has 0 bridgehead atoms. The number of fused-ring (bicyclic) bond motifs is 1. The molecule has 1 aliphatic heterocycles. The Hall–Kier alpha value is -2.67. The average molecular weight is 337 g/mol. The summed E-state index contributed by atoms with van der Waals surface area (Å²) in [5.41, 5.74) is 6.44. The summed E-state index contributed by atoms with van der Waals surface area (Å²) in [6, 6.07) is 0. The van der Waals surface area contributed by atoms with Crippen LogP contribution < -0.4 is 5.73 Å². The molecule has 128 valence electrons. The molecule has 0 unspecified atom stereocenters. The number of hydrogen-bond donors (Lipinski definition) is 4. The van der Waals surface area contributed by atoms with Crippen LogP contribution >= 0.6 is 0 Å². The fraction of sp³-hybridized carbons (Fsp3) is 0.417. The van der Waals surface area contributed by atoms with Crippen molar-refractivity contribution in [3.05, 3.63) is 25.1 Å². The maximum atomic E-state index is 9.95. The van der Waals surface area contributed by atoms with Crippen LogP contribution in [0.4, 0.5) is 5.82 Å². The Morgan fingerprint density at radius 1 is 1.21 bits per heavy atom. The van der Waals surface area contributed by atoms with Crippen molar-refractivity contribution in [3.63, 3.8) is 0 Å². The van der Waals surface area contributed by atoms with Crippen molar-refractivity contribution in [2.45, 2.75) is 24.5 Å². The van der Waals surface area contributed by atoms with Crippen molar-refractivity contribution in [2.24, 2.45) is 0 Å². The second-order valence-electron chi connectivity index (χ2n) is 4.90. The Bertz CT molecular complexity index is 762. The second kappa shape index (κ2) is 6.84. The number of nitrogen functional groups attached to an aromatic ring is 1. The molecule has 5 N–H and O–H groups in total. The van der Waals surface area contributed by atoms with Gasteiger partial charge in [0.25, 0.3) is 0 Å². The summed E-state index contributed by atoms with van der Waals surface area (Å²) in [7, 11) is 0. The summed E-state index contributed by atoms with van der Waals surface area (Å²) in [6.45, 7) is -0.390. The van der Waals surface area contributed by atoms with E-state index < -0.39 is 31.1 Å². The van der Waals surface area contributed by atoms with Gasteiger partial charge in [-0.1, -0.05) is 0 Å². The normalized spacial score (nSPS) is 26.3. The highest BCUT2D eigenvalue weighted by molar-refractivity contribution is 5.81. The van der Waals surface area contributed by atoms with Crippen LogP contribution in [0.3, 0.4) is 0 Å². The van der Waals surface area contributed by atoms with Crippen LogP contribution in [0.2, 0.25) is 0 Å². The number of nitrogens with two attached hydrogens (primary N) is 1. The van der Waals surface area contributed by atoms with E-state index in [1.54, 1.807) is 0 Å². The highest BCUT2D eigenvalue weighted by Gasteiger charge is 2.43. The number of aliphatic hydroxyl groups is 3. The predicted octanol–water partition coefficient (Wildman–Crippen LogP) is -1.91. The fourth-order valence-corrected chi connectivity index (χ4v) is 2.30. The van der Waals surface area contributed by atoms with Crippen LogP contribution in [0.25, 0.3) is 11.2 Å². The highest BCUT2D eigenvalue weighted by Crippen LogP contribution is 2.31. The molecule has 4 rings (SSSR count). The molecule has 0 spiro atoms. The quantitative estimate of drug-likeness (QED) is 0.410. The molecule has 0 aliphatic carbocycles. The molecule has 3 aromatic rings. The van der Waals surface area contributed by atoms with Crippen molar-refractivity contribution >= 4 is 17.0 Å². The van der Waals surface area contributed by atoms with E-state index in [-0.39, 0.29) is 5.82 Å². The van der Waals surface area contributed by atoms with Crippen LogP contribution in [0, 0.1) is 0 Å². The molecular formula is C12H15N7O5. The first-order valence-corrected chi connectivity index (χ1v) is 6.90. The molecule has 0 radical (unpaired) electrons. The van der Waals surface area contributed by atoms with Crippen LogP contribution in [0.5, 0.6) is 0 Å². The smallest absolute Gasteiger partial charge is 0.167 e. The zero-order valence-corrected chi connectivity index (χ0v) is 12.2. The summed E-state index contributed by atoms with van der Waals surface area (Å²) < 4.78 is 11.1. The third-order valence-corrected chi connectivity index (χ3v) is 3.46. The molecule has 1 fully saturated rings. The molecule has 0 saturated carbocycles. The minimum absolute atomic E-state index is 0.218. The van der Waals surface area contributed by atoms with Crippen LogP contribution in [0.15, 0.2) is 29.6 Å². The van der Waals surface area contributed by atoms with Gasteiger partial charge in [0.2, 0.25) is 0 Å². The molecule has 1 aliphatic rings. The van der Waals surface area contributed by atoms with E-state index in [1.165, 1.54) is 29.7 Å². The van der Waals surface area contributed by atoms with Gasteiger partial charge in [0.1, 0.15) is 36.4 Å². The first kappa shape index (κ1) is 16.2. The molecule has 3 aromatic heterocycles. The Morgan fingerprint density at radius 2 is 2.04 bits per heavy atom. The van der Waals surface area contributed by atoms with Crippen LogP contribution in [-0.4, -0.2) is 70.1 Å². The molecule has 4 heterocycles. The van der Waals surface area contributed by atoms with Gasteiger partial charge in [0.15, 0.2) is 17.7 Å². The number of imidazole rings is 1. The van der Waals surface area contributed by atoms with Crippen molar-refractivity contribution in [1.29, 1.82) is 0 Å². The lowest BCUT2D eigenvalue weighted by Gasteiger charge is -2.16. The third-order valence-electron chi connectivity index (χ3n) is 3.46. The van der Waals surface area contributed by atoms with E-state index in [9.17, 15) is 10.2 Å². The molecule has 0 amide bonds. The number of ether oxygens (including phenoxy) is 1. The number of aromatic nitrogens is 6. The lowest BCUT2D eigenvalue weighted by atomic mass is 10.1. The number of anilines is 1. The lowest BCUT2D eigenvalue weighted by molar-refractivity contribution is -0.0511. The van der Waals surface area contributed by atoms with E-state index in [4.69, 9.17) is 15.6 Å². The highest BCUT2D eigenvalue weighted by atomic mass is 16.6. The van der Waals surface area contributed by atoms with E-state index in [2.05, 4.69) is 29.8 Å². The Morgan fingerprint density at radius 3 is 2.62 bits per heavy atom. The minimum Gasteiger partial charge on any atom is -0.394 e. The van der Waals surface area contributed by atoms with E-state index in [0.29, 0.717) is 11.2 Å². The van der Waals surface area contributed by atoms with Gasteiger partial charge < -0.3 is 30.3 Å². The van der Waals surface area contributed by atoms with Gasteiger partial charge in [-0.2, -0.15) is 0 Å². The van der Waals surface area contributed by atoms with E-state index in [1.807, 2.05) is 0 Å². The molecule has 0 aromatic carbocycles. The third kappa shape index (κ3) is 2.90. The Kier molecular flexibility index (Phi) is 4.61. The number of rotatable bonds is 2. The van der Waals surface area contributed by atoms with Gasteiger partial charge in [-0.05, 0) is 0 Å². The van der Waals surface area contributed by atoms with Gasteiger partial charge in [0, 0.05) is 5.27 Å². The van der Waals surface area contributed by atoms with E-state index in [0.717, 1.165) is 0 Å². The van der Waals surface area contributed by atoms with Gasteiger partial charge in [-0.25, -0.2) is 15.0 Å². The molecule has 1 saturated heterocycles. The SMILES string of the molecule is Nc1ncnc2c1ncn2[C@@H]1O[C@H](CO)[C@@H](O)[C@H]1O.c1conn1. The Balaban J connectivity index is 0.000000290. The van der Waals surface area contributed by atoms with Gasteiger partial charge in [-0.3, -0.25) is 4.57 Å². The summed E-state index contributed by atoms with van der Waals surface area (Å²) in [4.78, 5) is 11.9. The summed E-state index contributed by atoms with van der Waals surface area (Å²) in [5, 5.41) is 35.1. The number of nitrogens with zero attached hydrogens (tertiary/aromatic N) is 6. The summed E-state index contributed by atoms with van der Waals surface area (Å²) >= 11 is 0. The van der Waals surface area contributed by atoms with Gasteiger partial charge >= 0.3 is 0 Å². The van der Waals surface area contributed by atoms with Crippen LogP contribution in [-0.2, 0) is 4.74 Å². The zero-order valence-electron chi connectivity index (χ0n) is 12.2. The topological polar surface area (TPSA) is 178 Å². The average Bonchev–Trinajstić information content (AvgIpc) is 3.32. The summed E-state index contributed by atoms with van der Waals surface area (Å²) in [5.74, 6) is 0.218. The standard InChI is InChI=1S/C10H13N5O4.C2H2N2O/c11-8-5-9(13-2-12-8)15(3-14-5)10-7(18)6(17)4(1-16)19-10;1-2-5-4-3-1/h2-4,6-7,10,16-18H,1H2,(H2,11,12,13);1-2H/t4-,6-,7-,10-;/m1./s1. The monoisotopic (exact) mass is 337 g/mol. The van der Waals surface area contributed by atoms with Crippen molar-refractivity contribution < 1.29 is 24.6 Å². The number of aliphatic hydroxyl groups excluding tert-OH is 3. The molecule has 12 heteroatoms. The maximum absolute atomic E-state index is 9.95. The molecule has 12 nitrogen and oxygen atoms in total. The molecular weight excluding hydrogens is 322 g/mol. The van der Waals surface area contributed by atoms with Crippen molar-refractivity contribution in [2.75, 3.05) is 12.3 Å². The first-order chi connectivity index (χ1) is 11.6. The van der Waals surface area contributed by atoms with Crippen LogP contribution in [0.1, 0.15) is 6.23 Å². The largest absolute Gasteiger partial charge is 0.394 e. The molecule has 24 heavy (non-hydrogen) atoms. The summed E-state index contributed by atoms with van der Waals surface area (Å²) in [6.07, 6.45) is 1.45. The predicted molar refractivity (Wildman–Crippen MR) is 77.0 cm³/mol. The lowest BCUT2D eigenvalue weighted by Crippen LogP contribution is -2.33. The Labute approximate surface area is 134 Å².